The lowest BCUT2D eigenvalue weighted by atomic mass is 9.97. The summed E-state index contributed by atoms with van der Waals surface area (Å²) in [5.74, 6) is 0.753. The normalized spacial score (nSPS) is 17.2. The van der Waals surface area contributed by atoms with Gasteiger partial charge < -0.3 is 15.3 Å². The van der Waals surface area contributed by atoms with E-state index in [1.54, 1.807) is 0 Å². The van der Waals surface area contributed by atoms with Crippen LogP contribution in [0.3, 0.4) is 0 Å². The van der Waals surface area contributed by atoms with Crippen molar-refractivity contribution in [3.8, 4) is 0 Å². The van der Waals surface area contributed by atoms with Crippen molar-refractivity contribution in [2.45, 2.75) is 66.0 Å². The van der Waals surface area contributed by atoms with Crippen LogP contribution in [0, 0.1) is 5.92 Å². The van der Waals surface area contributed by atoms with Crippen LogP contribution in [0.2, 0.25) is 0 Å². The van der Waals surface area contributed by atoms with Crippen LogP contribution in [0.15, 0.2) is 0 Å². The average Bonchev–Trinajstić information content (AvgIpc) is 2.33. The molecule has 0 aliphatic carbocycles. The monoisotopic (exact) mass is 258 g/mol. The second-order valence-electron chi connectivity index (χ2n) is 6.17. The van der Waals surface area contributed by atoms with Crippen molar-refractivity contribution < 1.29 is 5.11 Å². The van der Waals surface area contributed by atoms with E-state index in [9.17, 15) is 5.11 Å². The zero-order valence-electron chi connectivity index (χ0n) is 13.3. The second-order valence-corrected chi connectivity index (χ2v) is 6.17. The summed E-state index contributed by atoms with van der Waals surface area (Å²) in [6, 6.07) is 0.409. The van der Waals surface area contributed by atoms with E-state index in [1.165, 1.54) is 6.42 Å². The first-order valence-electron chi connectivity index (χ1n) is 7.47. The van der Waals surface area contributed by atoms with Gasteiger partial charge in [-0.15, -0.1) is 0 Å². The molecule has 0 aromatic rings. The lowest BCUT2D eigenvalue weighted by Gasteiger charge is -2.34. The molecular formula is C15H34N2O. The van der Waals surface area contributed by atoms with E-state index in [4.69, 9.17) is 0 Å². The molecule has 3 heteroatoms. The first kappa shape index (κ1) is 17.9. The van der Waals surface area contributed by atoms with Gasteiger partial charge in [0, 0.05) is 18.1 Å². The Labute approximate surface area is 114 Å². The van der Waals surface area contributed by atoms with Crippen LogP contribution in [0.1, 0.15) is 54.4 Å². The van der Waals surface area contributed by atoms with E-state index < -0.39 is 0 Å². The standard InChI is InChI=1S/C15H34N2O/c1-7-14(5)11-17(8-2)10-9-15(6,12-18)16-13(3)4/h13-14,16,18H,7-12H2,1-6H3. The Morgan fingerprint density at radius 1 is 1.22 bits per heavy atom. The maximum absolute atomic E-state index is 9.57. The largest absolute Gasteiger partial charge is 0.394 e. The number of hydrogen-bond donors (Lipinski definition) is 2. The molecule has 0 fully saturated rings. The highest BCUT2D eigenvalue weighted by Crippen LogP contribution is 2.13. The van der Waals surface area contributed by atoms with Crippen molar-refractivity contribution in [3.05, 3.63) is 0 Å². The molecule has 110 valence electrons. The molecule has 0 rings (SSSR count). The highest BCUT2D eigenvalue weighted by Gasteiger charge is 2.24. The van der Waals surface area contributed by atoms with Gasteiger partial charge in [0.2, 0.25) is 0 Å². The zero-order chi connectivity index (χ0) is 14.2. The van der Waals surface area contributed by atoms with Gasteiger partial charge in [-0.2, -0.15) is 0 Å². The smallest absolute Gasteiger partial charge is 0.0611 e. The van der Waals surface area contributed by atoms with Crippen molar-refractivity contribution >= 4 is 0 Å². The maximum atomic E-state index is 9.57. The zero-order valence-corrected chi connectivity index (χ0v) is 13.3. The quantitative estimate of drug-likeness (QED) is 0.632. The Morgan fingerprint density at radius 3 is 2.22 bits per heavy atom. The molecule has 0 saturated heterocycles. The third kappa shape index (κ3) is 7.34. The molecule has 2 atom stereocenters. The molecule has 0 aromatic heterocycles. The fraction of sp³-hybridized carbons (Fsp3) is 1.00. The van der Waals surface area contributed by atoms with Gasteiger partial charge in [0.1, 0.15) is 0 Å². The van der Waals surface area contributed by atoms with Gasteiger partial charge in [-0.3, -0.25) is 0 Å². The summed E-state index contributed by atoms with van der Waals surface area (Å²) in [7, 11) is 0. The Balaban J connectivity index is 4.22. The Hall–Kier alpha value is -0.120. The number of nitrogens with zero attached hydrogens (tertiary/aromatic N) is 1. The number of rotatable bonds is 10. The van der Waals surface area contributed by atoms with E-state index in [-0.39, 0.29) is 12.1 Å². The topological polar surface area (TPSA) is 35.5 Å². The Bertz CT molecular complexity index is 209. The number of hydrogen-bond acceptors (Lipinski definition) is 3. The van der Waals surface area contributed by atoms with E-state index >= 15 is 0 Å². The molecule has 0 amide bonds. The van der Waals surface area contributed by atoms with Gasteiger partial charge >= 0.3 is 0 Å². The molecule has 0 aliphatic rings. The van der Waals surface area contributed by atoms with Crippen LogP contribution in [0.4, 0.5) is 0 Å². The summed E-state index contributed by atoms with van der Waals surface area (Å²) in [6.07, 6.45) is 2.23. The fourth-order valence-corrected chi connectivity index (χ4v) is 2.25. The lowest BCUT2D eigenvalue weighted by molar-refractivity contribution is 0.134. The van der Waals surface area contributed by atoms with Crippen LogP contribution in [0.25, 0.3) is 0 Å². The predicted octanol–water partition coefficient (Wildman–Crippen LogP) is 2.49. The van der Waals surface area contributed by atoms with Gasteiger partial charge in [0.05, 0.1) is 6.61 Å². The van der Waals surface area contributed by atoms with Crippen molar-refractivity contribution in [2.75, 3.05) is 26.2 Å². The summed E-state index contributed by atoms with van der Waals surface area (Å²) in [4.78, 5) is 2.49. The molecule has 0 saturated carbocycles. The minimum atomic E-state index is -0.156. The first-order valence-corrected chi connectivity index (χ1v) is 7.47. The maximum Gasteiger partial charge on any atom is 0.0611 e. The molecule has 0 aromatic carbocycles. The molecule has 0 aliphatic heterocycles. The Kier molecular flexibility index (Phi) is 8.83. The highest BCUT2D eigenvalue weighted by atomic mass is 16.3. The van der Waals surface area contributed by atoms with Gasteiger partial charge in [-0.05, 0) is 32.4 Å². The number of nitrogens with one attached hydrogen (secondary N) is 1. The van der Waals surface area contributed by atoms with Crippen LogP contribution in [-0.2, 0) is 0 Å². The lowest BCUT2D eigenvalue weighted by Crippen LogP contribution is -2.51. The molecule has 3 nitrogen and oxygen atoms in total. The average molecular weight is 258 g/mol. The minimum Gasteiger partial charge on any atom is -0.394 e. The van der Waals surface area contributed by atoms with Gasteiger partial charge in [0.25, 0.3) is 0 Å². The van der Waals surface area contributed by atoms with Crippen LogP contribution >= 0.6 is 0 Å². The SMILES string of the molecule is CCC(C)CN(CC)CCC(C)(CO)NC(C)C. The summed E-state index contributed by atoms with van der Waals surface area (Å²) in [5.41, 5.74) is -0.156. The number of aliphatic hydroxyl groups excluding tert-OH is 1. The van der Waals surface area contributed by atoms with E-state index in [2.05, 4.69) is 51.8 Å². The van der Waals surface area contributed by atoms with Crippen molar-refractivity contribution in [1.82, 2.24) is 10.2 Å². The third-order valence-electron chi connectivity index (χ3n) is 3.68. The second kappa shape index (κ2) is 8.89. The van der Waals surface area contributed by atoms with Gasteiger partial charge in [-0.25, -0.2) is 0 Å². The van der Waals surface area contributed by atoms with E-state index in [1.807, 2.05) is 0 Å². The highest BCUT2D eigenvalue weighted by molar-refractivity contribution is 4.85. The molecule has 0 spiro atoms. The van der Waals surface area contributed by atoms with E-state index in [0.29, 0.717) is 6.04 Å². The minimum absolute atomic E-state index is 0.156. The summed E-state index contributed by atoms with van der Waals surface area (Å²) < 4.78 is 0. The molecule has 2 N–H and O–H groups in total. The molecule has 0 radical (unpaired) electrons. The molecule has 0 heterocycles. The predicted molar refractivity (Wildman–Crippen MR) is 79.9 cm³/mol. The van der Waals surface area contributed by atoms with Crippen LogP contribution in [0.5, 0.6) is 0 Å². The molecule has 0 bridgehead atoms. The van der Waals surface area contributed by atoms with Crippen molar-refractivity contribution in [1.29, 1.82) is 0 Å². The summed E-state index contributed by atoms with van der Waals surface area (Å²) in [5, 5.41) is 13.0. The van der Waals surface area contributed by atoms with Gasteiger partial charge in [0.15, 0.2) is 0 Å². The van der Waals surface area contributed by atoms with Gasteiger partial charge in [-0.1, -0.05) is 41.0 Å². The van der Waals surface area contributed by atoms with Crippen molar-refractivity contribution in [2.24, 2.45) is 5.92 Å². The summed E-state index contributed by atoms with van der Waals surface area (Å²) >= 11 is 0. The first-order chi connectivity index (χ1) is 8.36. The van der Waals surface area contributed by atoms with E-state index in [0.717, 1.165) is 32.0 Å². The Morgan fingerprint density at radius 2 is 1.83 bits per heavy atom. The van der Waals surface area contributed by atoms with Crippen LogP contribution in [-0.4, -0.2) is 47.8 Å². The van der Waals surface area contributed by atoms with Crippen molar-refractivity contribution in [3.63, 3.8) is 0 Å². The molecular weight excluding hydrogens is 224 g/mol. The number of aliphatic hydroxyl groups is 1. The van der Waals surface area contributed by atoms with Crippen LogP contribution < -0.4 is 5.32 Å². The fourth-order valence-electron chi connectivity index (χ4n) is 2.25. The molecule has 2 unspecified atom stereocenters. The molecule has 18 heavy (non-hydrogen) atoms. The summed E-state index contributed by atoms with van der Waals surface area (Å²) in [6.45, 7) is 16.7. The third-order valence-corrected chi connectivity index (χ3v) is 3.68.